The van der Waals surface area contributed by atoms with E-state index in [1.165, 1.54) is 0 Å². The largest absolute Gasteiger partial charge is 0.478 e. The minimum absolute atomic E-state index is 0.253. The van der Waals surface area contributed by atoms with Crippen LogP contribution in [0.25, 0.3) is 11.1 Å². The van der Waals surface area contributed by atoms with Crippen molar-refractivity contribution >= 4 is 27.6 Å². The lowest BCUT2D eigenvalue weighted by Crippen LogP contribution is -2.25. The second-order valence-corrected chi connectivity index (χ2v) is 7.57. The summed E-state index contributed by atoms with van der Waals surface area (Å²) in [7, 11) is -4.26. The van der Waals surface area contributed by atoms with Gasteiger partial charge in [0.25, 0.3) is 5.56 Å². The van der Waals surface area contributed by atoms with E-state index in [-0.39, 0.29) is 6.07 Å². The van der Waals surface area contributed by atoms with Crippen LogP contribution in [-0.2, 0) is 16.0 Å². The van der Waals surface area contributed by atoms with Gasteiger partial charge in [0.05, 0.1) is 10.5 Å². The van der Waals surface area contributed by atoms with Crippen molar-refractivity contribution in [2.75, 3.05) is 12.0 Å². The van der Waals surface area contributed by atoms with Crippen molar-refractivity contribution < 1.29 is 41.4 Å². The molecule has 0 aliphatic heterocycles. The average Bonchev–Trinajstić information content (AvgIpc) is 2.50. The Bertz CT molecular complexity index is 1170. The van der Waals surface area contributed by atoms with Gasteiger partial charge in [0.15, 0.2) is 9.84 Å². The van der Waals surface area contributed by atoms with Crippen molar-refractivity contribution in [2.45, 2.75) is 11.1 Å². The number of hydrogen-bond acceptors (Lipinski definition) is 6. The highest BCUT2D eigenvalue weighted by atomic mass is 32.2. The molecule has 1 aromatic heterocycles. The number of carboxylic acids is 2. The number of hydrogen-bond donors (Lipinski definition) is 4. The zero-order valence-corrected chi connectivity index (χ0v) is 14.6. The molecule has 1 heterocycles. The van der Waals surface area contributed by atoms with Crippen molar-refractivity contribution in [3.8, 4) is 11.1 Å². The van der Waals surface area contributed by atoms with E-state index in [1.807, 2.05) is 0 Å². The Morgan fingerprint density at radius 2 is 1.64 bits per heavy atom. The Kier molecular flexibility index (Phi) is 4.99. The minimum atomic E-state index is -4.97. The van der Waals surface area contributed by atoms with Crippen LogP contribution in [0.1, 0.15) is 26.3 Å². The monoisotopic (exact) mass is 420 g/mol. The summed E-state index contributed by atoms with van der Waals surface area (Å²) in [6.07, 6.45) is -4.35. The average molecular weight is 420 g/mol. The highest BCUT2D eigenvalue weighted by Crippen LogP contribution is 2.38. The molecule has 0 saturated carbocycles. The van der Waals surface area contributed by atoms with Crippen LogP contribution in [0, 0.1) is 0 Å². The van der Waals surface area contributed by atoms with Gasteiger partial charge < -0.3 is 20.9 Å². The quantitative estimate of drug-likeness (QED) is 0.576. The number of carboxylic acid groups (broad SMARTS) is 2. The van der Waals surface area contributed by atoms with Crippen molar-refractivity contribution in [2.24, 2.45) is 0 Å². The maximum Gasteiger partial charge on any atom is 0.416 e. The lowest BCUT2D eigenvalue weighted by molar-refractivity contribution is -0.137. The van der Waals surface area contributed by atoms with Crippen LogP contribution in [0.3, 0.4) is 0 Å². The summed E-state index contributed by atoms with van der Waals surface area (Å²) in [6.45, 7) is 0. The molecule has 0 fully saturated rings. The first kappa shape index (κ1) is 21.0. The Morgan fingerprint density at radius 1 is 1.11 bits per heavy atom. The number of alkyl halides is 3. The van der Waals surface area contributed by atoms with Gasteiger partial charge >= 0.3 is 18.1 Å². The summed E-state index contributed by atoms with van der Waals surface area (Å²) in [5.41, 5.74) is -1.69. The van der Waals surface area contributed by atoms with Crippen molar-refractivity contribution in [3.05, 3.63) is 45.2 Å². The van der Waals surface area contributed by atoms with Crippen LogP contribution in [-0.4, -0.2) is 41.8 Å². The molecule has 0 aliphatic carbocycles. The molecule has 0 spiro atoms. The van der Waals surface area contributed by atoms with Gasteiger partial charge in [-0.1, -0.05) is 0 Å². The van der Waals surface area contributed by atoms with Crippen LogP contribution < -0.4 is 11.3 Å². The number of aromatic nitrogens is 1. The molecule has 0 bridgehead atoms. The topological polar surface area (TPSA) is 168 Å². The van der Waals surface area contributed by atoms with E-state index in [2.05, 4.69) is 0 Å². The third-order valence-electron chi connectivity index (χ3n) is 3.65. The number of nitrogen functional groups attached to an aromatic ring is 1. The smallest absolute Gasteiger partial charge is 0.416 e. The third kappa shape index (κ3) is 3.69. The molecule has 0 saturated heterocycles. The van der Waals surface area contributed by atoms with Crippen molar-refractivity contribution in [3.63, 3.8) is 0 Å². The number of sulfone groups is 1. The van der Waals surface area contributed by atoms with Gasteiger partial charge in [-0.3, -0.25) is 4.79 Å². The molecule has 0 atom stereocenters. The number of rotatable bonds is 4. The fraction of sp³-hybridized carbons (Fsp3) is 0.133. The van der Waals surface area contributed by atoms with Gasteiger partial charge in [-0.2, -0.15) is 13.2 Å². The predicted octanol–water partition coefficient (Wildman–Crippen LogP) is 1.44. The first-order chi connectivity index (χ1) is 12.7. The van der Waals surface area contributed by atoms with Crippen molar-refractivity contribution in [1.82, 2.24) is 4.98 Å². The molecule has 0 radical (unpaired) electrons. The fourth-order valence-corrected chi connectivity index (χ4v) is 3.42. The van der Waals surface area contributed by atoms with Crippen LogP contribution in [0.5, 0.6) is 0 Å². The molecule has 0 amide bonds. The predicted molar refractivity (Wildman–Crippen MR) is 88.9 cm³/mol. The molecule has 28 heavy (non-hydrogen) atoms. The van der Waals surface area contributed by atoms with Gasteiger partial charge in [0.1, 0.15) is 16.9 Å². The van der Waals surface area contributed by atoms with Gasteiger partial charge in [-0.25, -0.2) is 18.0 Å². The Balaban J connectivity index is 3.20. The summed E-state index contributed by atoms with van der Waals surface area (Å²) in [4.78, 5) is 36.1. The molecule has 5 N–H and O–H groups in total. The number of pyridine rings is 1. The lowest BCUT2D eigenvalue weighted by atomic mass is 9.94. The fourth-order valence-electron chi connectivity index (χ4n) is 2.54. The molecule has 150 valence electrons. The molecule has 2 aromatic rings. The van der Waals surface area contributed by atoms with Crippen LogP contribution in [0.15, 0.2) is 27.9 Å². The van der Waals surface area contributed by atoms with E-state index in [1.54, 1.807) is 4.98 Å². The first-order valence-corrected chi connectivity index (χ1v) is 8.99. The second-order valence-electron chi connectivity index (χ2n) is 5.58. The standard InChI is InChI=1S/C15H11F3N2O7S/c1-28(26,27)7-3-2-5(15(16,17)18)4-6(7)8-9(13(22)23)11(19)20-12(21)10(8)14(24)25/h2-4H,1H3,(H,22,23)(H,24,25)(H3,19,20,21). The van der Waals surface area contributed by atoms with Crippen LogP contribution >= 0.6 is 0 Å². The molecule has 1 aromatic carbocycles. The number of benzene rings is 1. The summed E-state index contributed by atoms with van der Waals surface area (Å²) in [6, 6.07) is 1.23. The van der Waals surface area contributed by atoms with Gasteiger partial charge in [0.2, 0.25) is 0 Å². The van der Waals surface area contributed by atoms with E-state index in [9.17, 15) is 46.2 Å². The molecular formula is C15H11F3N2O7S. The molecule has 0 aliphatic rings. The molecule has 9 nitrogen and oxygen atoms in total. The molecule has 13 heteroatoms. The summed E-state index contributed by atoms with van der Waals surface area (Å²) in [5, 5.41) is 18.7. The van der Waals surface area contributed by atoms with Crippen LogP contribution in [0.4, 0.5) is 19.0 Å². The second kappa shape index (κ2) is 6.67. The van der Waals surface area contributed by atoms with E-state index < -0.39 is 72.0 Å². The Hall–Kier alpha value is -3.35. The number of halogens is 3. The van der Waals surface area contributed by atoms with E-state index in [0.29, 0.717) is 18.4 Å². The highest BCUT2D eigenvalue weighted by Gasteiger charge is 2.35. The number of anilines is 1. The first-order valence-electron chi connectivity index (χ1n) is 7.10. The Labute approximate surface area is 154 Å². The number of nitrogens with two attached hydrogens (primary N) is 1. The summed E-state index contributed by atoms with van der Waals surface area (Å²) in [5.74, 6) is -4.73. The third-order valence-corrected chi connectivity index (χ3v) is 4.80. The van der Waals surface area contributed by atoms with E-state index in [0.717, 1.165) is 0 Å². The number of carbonyl (C=O) groups is 2. The molecule has 2 rings (SSSR count). The number of aromatic carboxylic acids is 2. The number of nitrogens with one attached hydrogen (secondary N) is 1. The SMILES string of the molecule is CS(=O)(=O)c1ccc(C(F)(F)F)cc1-c1c(C(=O)O)c(N)[nH]c(=O)c1C(=O)O. The van der Waals surface area contributed by atoms with E-state index >= 15 is 0 Å². The maximum absolute atomic E-state index is 13.1. The zero-order valence-electron chi connectivity index (χ0n) is 13.8. The van der Waals surface area contributed by atoms with E-state index in [4.69, 9.17) is 5.73 Å². The normalized spacial score (nSPS) is 12.0. The molecule has 0 unspecified atom stereocenters. The van der Waals surface area contributed by atoms with Gasteiger partial charge in [-0.15, -0.1) is 0 Å². The van der Waals surface area contributed by atoms with Gasteiger partial charge in [-0.05, 0) is 18.2 Å². The Morgan fingerprint density at radius 3 is 2.07 bits per heavy atom. The lowest BCUT2D eigenvalue weighted by Gasteiger charge is -2.17. The molecular weight excluding hydrogens is 409 g/mol. The summed E-state index contributed by atoms with van der Waals surface area (Å²) < 4.78 is 63.4. The summed E-state index contributed by atoms with van der Waals surface area (Å²) >= 11 is 0. The number of aromatic amines is 1. The van der Waals surface area contributed by atoms with Crippen molar-refractivity contribution in [1.29, 1.82) is 0 Å². The van der Waals surface area contributed by atoms with Gasteiger partial charge in [0, 0.05) is 17.4 Å². The zero-order chi connectivity index (χ0) is 21.6. The highest BCUT2D eigenvalue weighted by molar-refractivity contribution is 7.90. The maximum atomic E-state index is 13.1. The number of H-pyrrole nitrogens is 1. The minimum Gasteiger partial charge on any atom is -0.478 e. The van der Waals surface area contributed by atoms with Crippen LogP contribution in [0.2, 0.25) is 0 Å².